The van der Waals surface area contributed by atoms with Gasteiger partial charge in [0.1, 0.15) is 6.07 Å². The van der Waals surface area contributed by atoms with E-state index in [-0.39, 0.29) is 11.3 Å². The predicted octanol–water partition coefficient (Wildman–Crippen LogP) is 2.52. The van der Waals surface area contributed by atoms with Crippen LogP contribution >= 0.6 is 11.6 Å². The van der Waals surface area contributed by atoms with E-state index in [1.165, 1.54) is 6.07 Å². The molecule has 1 rings (SSSR count). The summed E-state index contributed by atoms with van der Waals surface area (Å²) in [6, 6.07) is 6.02. The molecule has 0 saturated heterocycles. The number of anilines is 1. The van der Waals surface area contributed by atoms with Gasteiger partial charge in [0.25, 0.3) is 0 Å². The number of carbonyl (C=O) groups excluding carboxylic acids is 1. The number of amides is 1. The molecule has 0 aliphatic carbocycles. The first-order valence-corrected chi connectivity index (χ1v) is 5.89. The quantitative estimate of drug-likeness (QED) is 0.862. The van der Waals surface area contributed by atoms with E-state index in [2.05, 4.69) is 5.32 Å². The van der Waals surface area contributed by atoms with Crippen LogP contribution in [0.15, 0.2) is 18.2 Å². The number of halogens is 1. The Morgan fingerprint density at radius 1 is 1.50 bits per heavy atom. The van der Waals surface area contributed by atoms with Gasteiger partial charge in [0.05, 0.1) is 17.3 Å². The summed E-state index contributed by atoms with van der Waals surface area (Å²) in [5, 5.41) is 12.0. The molecule has 0 bridgehead atoms. The molecule has 1 atom stereocenters. The van der Waals surface area contributed by atoms with Crippen molar-refractivity contribution in [3.63, 3.8) is 0 Å². The lowest BCUT2D eigenvalue weighted by molar-refractivity contribution is -0.119. The molecule has 0 fully saturated rings. The third-order valence-electron chi connectivity index (χ3n) is 2.58. The molecule has 0 heterocycles. The maximum Gasteiger partial charge on any atom is 0.241 e. The summed E-state index contributed by atoms with van der Waals surface area (Å²) in [6.45, 7) is 5.63. The minimum absolute atomic E-state index is 0.332. The SMILES string of the molecule is CC(C)(C)C(N)C(=O)Nc1cc(Cl)ccc1C#N. The van der Waals surface area contributed by atoms with E-state index in [1.807, 2.05) is 26.8 Å². The Kier molecular flexibility index (Phi) is 4.33. The number of nitrogens with zero attached hydrogens (tertiary/aromatic N) is 1. The minimum Gasteiger partial charge on any atom is -0.323 e. The zero-order chi connectivity index (χ0) is 13.9. The number of hydrogen-bond donors (Lipinski definition) is 2. The summed E-state index contributed by atoms with van der Waals surface area (Å²) in [4.78, 5) is 11.9. The molecule has 0 aromatic heterocycles. The van der Waals surface area contributed by atoms with Gasteiger partial charge in [0.2, 0.25) is 5.91 Å². The fourth-order valence-electron chi connectivity index (χ4n) is 1.32. The molecule has 96 valence electrons. The van der Waals surface area contributed by atoms with E-state index in [9.17, 15) is 4.79 Å². The van der Waals surface area contributed by atoms with Gasteiger partial charge in [-0.2, -0.15) is 5.26 Å². The zero-order valence-electron chi connectivity index (χ0n) is 10.6. The summed E-state index contributed by atoms with van der Waals surface area (Å²) in [5.41, 5.74) is 6.23. The molecule has 5 heteroatoms. The highest BCUT2D eigenvalue weighted by molar-refractivity contribution is 6.31. The second-order valence-electron chi connectivity index (χ2n) is 5.13. The number of nitrogens with two attached hydrogens (primary N) is 1. The predicted molar refractivity (Wildman–Crippen MR) is 72.2 cm³/mol. The van der Waals surface area contributed by atoms with Crippen molar-refractivity contribution in [1.82, 2.24) is 0 Å². The maximum absolute atomic E-state index is 11.9. The average molecular weight is 266 g/mol. The molecule has 0 radical (unpaired) electrons. The van der Waals surface area contributed by atoms with Crippen molar-refractivity contribution in [2.45, 2.75) is 26.8 Å². The molecule has 18 heavy (non-hydrogen) atoms. The van der Waals surface area contributed by atoms with E-state index in [4.69, 9.17) is 22.6 Å². The molecule has 0 saturated carbocycles. The van der Waals surface area contributed by atoms with Crippen molar-refractivity contribution in [3.8, 4) is 6.07 Å². The van der Waals surface area contributed by atoms with E-state index < -0.39 is 6.04 Å². The van der Waals surface area contributed by atoms with Crippen LogP contribution in [-0.4, -0.2) is 11.9 Å². The Labute approximate surface area is 112 Å². The number of rotatable bonds is 2. The smallest absolute Gasteiger partial charge is 0.241 e. The van der Waals surface area contributed by atoms with Crippen LogP contribution in [0.3, 0.4) is 0 Å². The fourth-order valence-corrected chi connectivity index (χ4v) is 1.49. The van der Waals surface area contributed by atoms with Crippen molar-refractivity contribution in [2.75, 3.05) is 5.32 Å². The number of nitriles is 1. The molecule has 1 aromatic carbocycles. The third-order valence-corrected chi connectivity index (χ3v) is 2.81. The summed E-state index contributed by atoms with van der Waals surface area (Å²) in [7, 11) is 0. The number of carbonyl (C=O) groups is 1. The largest absolute Gasteiger partial charge is 0.323 e. The van der Waals surface area contributed by atoms with Crippen LogP contribution in [0.1, 0.15) is 26.3 Å². The Hall–Kier alpha value is -1.57. The lowest BCUT2D eigenvalue weighted by atomic mass is 9.87. The fraction of sp³-hybridized carbons (Fsp3) is 0.385. The van der Waals surface area contributed by atoms with Gasteiger partial charge >= 0.3 is 0 Å². The van der Waals surface area contributed by atoms with Gasteiger partial charge in [-0.1, -0.05) is 32.4 Å². The van der Waals surface area contributed by atoms with Crippen molar-refractivity contribution < 1.29 is 4.79 Å². The van der Waals surface area contributed by atoms with E-state index in [1.54, 1.807) is 12.1 Å². The van der Waals surface area contributed by atoms with Crippen molar-refractivity contribution in [1.29, 1.82) is 5.26 Å². The van der Waals surface area contributed by atoms with Gasteiger partial charge in [0, 0.05) is 5.02 Å². The number of hydrogen-bond acceptors (Lipinski definition) is 3. The van der Waals surface area contributed by atoms with Crippen LogP contribution in [0.25, 0.3) is 0 Å². The molecule has 0 aliphatic heterocycles. The standard InChI is InChI=1S/C13H16ClN3O/c1-13(2,3)11(16)12(18)17-10-6-9(14)5-4-8(10)7-15/h4-6,11H,16H2,1-3H3,(H,17,18). The van der Waals surface area contributed by atoms with E-state index in [0.717, 1.165) is 0 Å². The summed E-state index contributed by atoms with van der Waals surface area (Å²) in [6.07, 6.45) is 0. The van der Waals surface area contributed by atoms with Gasteiger partial charge in [-0.25, -0.2) is 0 Å². The van der Waals surface area contributed by atoms with Gasteiger partial charge < -0.3 is 11.1 Å². The average Bonchev–Trinajstić information content (AvgIpc) is 2.27. The Morgan fingerprint density at radius 2 is 2.11 bits per heavy atom. The molecular weight excluding hydrogens is 250 g/mol. The van der Waals surface area contributed by atoms with E-state index >= 15 is 0 Å². The van der Waals surface area contributed by atoms with Gasteiger partial charge in [-0.05, 0) is 23.6 Å². The topological polar surface area (TPSA) is 78.9 Å². The van der Waals surface area contributed by atoms with Crippen molar-refractivity contribution in [2.24, 2.45) is 11.1 Å². The lowest BCUT2D eigenvalue weighted by Crippen LogP contribution is -2.45. The molecule has 1 amide bonds. The normalized spacial score (nSPS) is 12.7. The van der Waals surface area contributed by atoms with Crippen LogP contribution in [0.2, 0.25) is 5.02 Å². The molecule has 0 spiro atoms. The molecule has 3 N–H and O–H groups in total. The first-order chi connectivity index (χ1) is 8.25. The molecule has 0 aliphatic rings. The lowest BCUT2D eigenvalue weighted by Gasteiger charge is -2.26. The summed E-state index contributed by atoms with van der Waals surface area (Å²) >= 11 is 5.83. The van der Waals surface area contributed by atoms with Crippen molar-refractivity contribution in [3.05, 3.63) is 28.8 Å². The first kappa shape index (κ1) is 14.5. The highest BCUT2D eigenvalue weighted by Gasteiger charge is 2.27. The van der Waals surface area contributed by atoms with Crippen LogP contribution < -0.4 is 11.1 Å². The highest BCUT2D eigenvalue weighted by Crippen LogP contribution is 2.23. The second kappa shape index (κ2) is 5.38. The monoisotopic (exact) mass is 265 g/mol. The van der Waals surface area contributed by atoms with Gasteiger partial charge in [0.15, 0.2) is 0 Å². The summed E-state index contributed by atoms with van der Waals surface area (Å²) < 4.78 is 0. The zero-order valence-corrected chi connectivity index (χ0v) is 11.4. The third kappa shape index (κ3) is 3.46. The van der Waals surface area contributed by atoms with Crippen LogP contribution in [0.4, 0.5) is 5.69 Å². The molecule has 1 unspecified atom stereocenters. The Bertz CT molecular complexity index is 500. The molecule has 4 nitrogen and oxygen atoms in total. The number of nitrogens with one attached hydrogen (secondary N) is 1. The van der Waals surface area contributed by atoms with Crippen LogP contribution in [0, 0.1) is 16.7 Å². The maximum atomic E-state index is 11.9. The second-order valence-corrected chi connectivity index (χ2v) is 5.57. The number of benzene rings is 1. The molecule has 1 aromatic rings. The van der Waals surface area contributed by atoms with Crippen molar-refractivity contribution >= 4 is 23.2 Å². The summed E-state index contributed by atoms with van der Waals surface area (Å²) in [5.74, 6) is -0.332. The molecular formula is C13H16ClN3O. The Morgan fingerprint density at radius 3 is 2.61 bits per heavy atom. The van der Waals surface area contributed by atoms with Crippen LogP contribution in [0.5, 0.6) is 0 Å². The van der Waals surface area contributed by atoms with Crippen LogP contribution in [-0.2, 0) is 4.79 Å². The van der Waals surface area contributed by atoms with Gasteiger partial charge in [-0.3, -0.25) is 4.79 Å². The minimum atomic E-state index is -0.664. The van der Waals surface area contributed by atoms with Gasteiger partial charge in [-0.15, -0.1) is 0 Å². The van der Waals surface area contributed by atoms with E-state index in [0.29, 0.717) is 16.3 Å². The first-order valence-electron chi connectivity index (χ1n) is 5.52. The Balaban J connectivity index is 2.96. The highest BCUT2D eigenvalue weighted by atomic mass is 35.5.